The Hall–Kier alpha value is -0.650. The second kappa shape index (κ2) is 4.47. The summed E-state index contributed by atoms with van der Waals surface area (Å²) < 4.78 is 23.8. The first-order chi connectivity index (χ1) is 8.53. The van der Waals surface area contributed by atoms with Crippen LogP contribution in [0.15, 0.2) is 34.2 Å². The molecule has 1 aliphatic carbocycles. The maximum atomic E-state index is 11.4. The normalized spacial score (nSPS) is 28.5. The molecular formula is C13H14BrNO2S. The van der Waals surface area contributed by atoms with Gasteiger partial charge < -0.3 is 5.32 Å². The third-order valence-electron chi connectivity index (χ3n) is 3.53. The minimum atomic E-state index is -2.97. The molecular weight excluding hydrogens is 314 g/mol. The Morgan fingerprint density at radius 1 is 1.33 bits per heavy atom. The summed E-state index contributed by atoms with van der Waals surface area (Å²) in [5.74, 6) is 0.190. The lowest BCUT2D eigenvalue weighted by Crippen LogP contribution is -2.32. The van der Waals surface area contributed by atoms with Crippen molar-refractivity contribution in [3.8, 4) is 0 Å². The highest BCUT2D eigenvalue weighted by atomic mass is 79.9. The van der Waals surface area contributed by atoms with E-state index in [9.17, 15) is 8.42 Å². The molecule has 1 aliphatic heterocycles. The van der Waals surface area contributed by atoms with Gasteiger partial charge in [-0.15, -0.1) is 0 Å². The zero-order valence-electron chi connectivity index (χ0n) is 9.77. The molecule has 5 heteroatoms. The molecule has 0 saturated carbocycles. The maximum absolute atomic E-state index is 11.4. The largest absolute Gasteiger partial charge is 0.303 e. The van der Waals surface area contributed by atoms with Gasteiger partial charge >= 0.3 is 0 Å². The summed E-state index contributed by atoms with van der Waals surface area (Å²) in [6.07, 6.45) is 3.85. The zero-order chi connectivity index (χ0) is 12.8. The molecule has 2 atom stereocenters. The first kappa shape index (κ1) is 12.4. The van der Waals surface area contributed by atoms with E-state index in [1.165, 1.54) is 16.5 Å². The Labute approximate surface area is 115 Å². The Balaban J connectivity index is 1.76. The molecule has 1 aromatic carbocycles. The van der Waals surface area contributed by atoms with Gasteiger partial charge in [-0.3, -0.25) is 0 Å². The summed E-state index contributed by atoms with van der Waals surface area (Å²) in [6, 6.07) is 6.54. The fourth-order valence-corrected chi connectivity index (χ4v) is 4.35. The fourth-order valence-electron chi connectivity index (χ4n) is 2.70. The summed E-state index contributed by atoms with van der Waals surface area (Å²) in [5.41, 5.74) is 2.66. The molecule has 0 spiro atoms. The number of hydrogen-bond donors (Lipinski definition) is 1. The number of aryl methyl sites for hydroxylation is 1. The van der Waals surface area contributed by atoms with Gasteiger partial charge in [0.2, 0.25) is 0 Å². The van der Waals surface area contributed by atoms with E-state index in [1.807, 2.05) is 6.07 Å². The Morgan fingerprint density at radius 2 is 2.17 bits per heavy atom. The highest BCUT2D eigenvalue weighted by molar-refractivity contribution is 9.10. The second-order valence-corrected chi connectivity index (χ2v) is 7.71. The maximum Gasteiger partial charge on any atom is 0.173 e. The average Bonchev–Trinajstić information content (AvgIpc) is 2.83. The van der Waals surface area contributed by atoms with Gasteiger partial charge in [-0.2, -0.15) is 0 Å². The molecule has 0 saturated heterocycles. The van der Waals surface area contributed by atoms with E-state index in [2.05, 4.69) is 33.4 Å². The van der Waals surface area contributed by atoms with E-state index in [0.717, 1.165) is 17.3 Å². The van der Waals surface area contributed by atoms with Crippen molar-refractivity contribution in [2.75, 3.05) is 5.75 Å². The number of nitrogens with one attached hydrogen (secondary N) is 1. The average molecular weight is 328 g/mol. The van der Waals surface area contributed by atoms with Gasteiger partial charge in [-0.25, -0.2) is 8.42 Å². The second-order valence-electron chi connectivity index (χ2n) is 4.87. The van der Waals surface area contributed by atoms with E-state index >= 15 is 0 Å². The van der Waals surface area contributed by atoms with Crippen LogP contribution in [0.1, 0.15) is 23.6 Å². The topological polar surface area (TPSA) is 46.2 Å². The minimum Gasteiger partial charge on any atom is -0.303 e. The van der Waals surface area contributed by atoms with Crippen molar-refractivity contribution in [1.29, 1.82) is 0 Å². The number of benzene rings is 1. The molecule has 0 fully saturated rings. The Kier molecular flexibility index (Phi) is 3.08. The van der Waals surface area contributed by atoms with Crippen molar-refractivity contribution >= 4 is 25.8 Å². The fraction of sp³-hybridized carbons (Fsp3) is 0.385. The third-order valence-corrected chi connectivity index (χ3v) is 5.42. The van der Waals surface area contributed by atoms with E-state index in [0.29, 0.717) is 0 Å². The van der Waals surface area contributed by atoms with Crippen LogP contribution in [0.5, 0.6) is 0 Å². The third kappa shape index (κ3) is 2.39. The van der Waals surface area contributed by atoms with Gasteiger partial charge in [-0.05, 0) is 36.1 Å². The van der Waals surface area contributed by atoms with Gasteiger partial charge in [-0.1, -0.05) is 28.1 Å². The molecule has 0 bridgehead atoms. The predicted octanol–water partition coefficient (Wildman–Crippen LogP) is 2.34. The quantitative estimate of drug-likeness (QED) is 0.906. The zero-order valence-corrected chi connectivity index (χ0v) is 12.2. The summed E-state index contributed by atoms with van der Waals surface area (Å²) in [4.78, 5) is 0. The van der Waals surface area contributed by atoms with Crippen LogP contribution in [0.4, 0.5) is 0 Å². The standard InChI is InChI=1S/C13H14BrNO2S/c14-10-2-3-12-9(7-10)1-4-13(12)15-11-5-6-18(16,17)8-11/h2-3,5-7,11,13,15H,1,4,8H2. The predicted molar refractivity (Wildman–Crippen MR) is 75.1 cm³/mol. The molecule has 0 radical (unpaired) electrons. The Morgan fingerprint density at radius 3 is 2.89 bits per heavy atom. The van der Waals surface area contributed by atoms with Crippen LogP contribution in [0, 0.1) is 0 Å². The highest BCUT2D eigenvalue weighted by Gasteiger charge is 2.28. The van der Waals surface area contributed by atoms with Crippen molar-refractivity contribution in [3.63, 3.8) is 0 Å². The lowest BCUT2D eigenvalue weighted by molar-refractivity contribution is 0.501. The van der Waals surface area contributed by atoms with E-state index in [4.69, 9.17) is 0 Å². The number of fused-ring (bicyclic) bond motifs is 1. The molecule has 1 aromatic rings. The number of sulfone groups is 1. The lowest BCUT2D eigenvalue weighted by Gasteiger charge is -2.18. The molecule has 2 unspecified atom stereocenters. The van der Waals surface area contributed by atoms with Crippen LogP contribution in [0.3, 0.4) is 0 Å². The van der Waals surface area contributed by atoms with E-state index in [1.54, 1.807) is 6.08 Å². The number of halogens is 1. The van der Waals surface area contributed by atoms with Crippen LogP contribution < -0.4 is 5.32 Å². The van der Waals surface area contributed by atoms with Crippen molar-refractivity contribution in [2.24, 2.45) is 0 Å². The summed E-state index contributed by atoms with van der Waals surface area (Å²) in [5, 5.41) is 4.75. The molecule has 1 N–H and O–H groups in total. The molecule has 2 aliphatic rings. The molecule has 1 heterocycles. The van der Waals surface area contributed by atoms with Gasteiger partial charge in [0, 0.05) is 22.0 Å². The molecule has 0 amide bonds. The van der Waals surface area contributed by atoms with Crippen LogP contribution in [0.2, 0.25) is 0 Å². The van der Waals surface area contributed by atoms with Gasteiger partial charge in [0.15, 0.2) is 9.84 Å². The summed E-state index contributed by atoms with van der Waals surface area (Å²) >= 11 is 3.48. The first-order valence-electron chi connectivity index (χ1n) is 5.99. The van der Waals surface area contributed by atoms with E-state index in [-0.39, 0.29) is 17.8 Å². The molecule has 96 valence electrons. The Bertz CT molecular complexity index is 609. The number of hydrogen-bond acceptors (Lipinski definition) is 3. The minimum absolute atomic E-state index is 0.0467. The van der Waals surface area contributed by atoms with Crippen LogP contribution >= 0.6 is 15.9 Å². The number of rotatable bonds is 2. The highest BCUT2D eigenvalue weighted by Crippen LogP contribution is 2.33. The van der Waals surface area contributed by atoms with Crippen LogP contribution in [-0.2, 0) is 16.3 Å². The molecule has 3 rings (SSSR count). The van der Waals surface area contributed by atoms with Crippen molar-refractivity contribution < 1.29 is 8.42 Å². The SMILES string of the molecule is O=S1(=O)C=CC(NC2CCc3cc(Br)ccc32)C1. The smallest absolute Gasteiger partial charge is 0.173 e. The van der Waals surface area contributed by atoms with Crippen molar-refractivity contribution in [2.45, 2.75) is 24.9 Å². The van der Waals surface area contributed by atoms with Gasteiger partial charge in [0.25, 0.3) is 0 Å². The van der Waals surface area contributed by atoms with Gasteiger partial charge in [0.1, 0.15) is 0 Å². The van der Waals surface area contributed by atoms with E-state index < -0.39 is 9.84 Å². The monoisotopic (exact) mass is 327 g/mol. The van der Waals surface area contributed by atoms with Crippen molar-refractivity contribution in [1.82, 2.24) is 5.32 Å². The first-order valence-corrected chi connectivity index (χ1v) is 8.50. The lowest BCUT2D eigenvalue weighted by atomic mass is 10.1. The van der Waals surface area contributed by atoms with Crippen LogP contribution in [0.25, 0.3) is 0 Å². The summed E-state index contributed by atoms with van der Waals surface area (Å²) in [6.45, 7) is 0. The molecule has 18 heavy (non-hydrogen) atoms. The molecule has 3 nitrogen and oxygen atoms in total. The van der Waals surface area contributed by atoms with Crippen LogP contribution in [-0.4, -0.2) is 20.2 Å². The van der Waals surface area contributed by atoms with Crippen molar-refractivity contribution in [3.05, 3.63) is 45.3 Å². The summed E-state index contributed by atoms with van der Waals surface area (Å²) in [7, 11) is -2.97. The molecule has 0 aromatic heterocycles. The van der Waals surface area contributed by atoms with Gasteiger partial charge in [0.05, 0.1) is 5.75 Å².